The molecular formula is C22H17N3O3. The van der Waals surface area contributed by atoms with Crippen LogP contribution in [0.2, 0.25) is 0 Å². The summed E-state index contributed by atoms with van der Waals surface area (Å²) in [6.45, 7) is 0.475. The zero-order chi connectivity index (χ0) is 19.9. The van der Waals surface area contributed by atoms with Crippen LogP contribution in [-0.4, -0.2) is 10.8 Å². The summed E-state index contributed by atoms with van der Waals surface area (Å²) < 4.78 is 0. The average Bonchev–Trinajstić information content (AvgIpc) is 2.73. The van der Waals surface area contributed by atoms with E-state index in [0.29, 0.717) is 12.1 Å². The molecule has 0 fully saturated rings. The number of nitriles is 1. The first kappa shape index (κ1) is 18.8. The molecule has 6 heteroatoms. The quantitative estimate of drug-likeness (QED) is 0.523. The smallest absolute Gasteiger partial charge is 0.271 e. The molecule has 0 aliphatic carbocycles. The van der Waals surface area contributed by atoms with Gasteiger partial charge in [0.15, 0.2) is 0 Å². The van der Waals surface area contributed by atoms with Crippen LogP contribution in [-0.2, 0) is 17.8 Å². The highest BCUT2D eigenvalue weighted by Crippen LogP contribution is 2.26. The third-order valence-electron chi connectivity index (χ3n) is 4.24. The van der Waals surface area contributed by atoms with Crippen LogP contribution < -0.4 is 5.32 Å². The molecule has 28 heavy (non-hydrogen) atoms. The predicted octanol–water partition coefficient (Wildman–Crippen LogP) is 3.99. The number of nitrogens with one attached hydrogen (secondary N) is 1. The van der Waals surface area contributed by atoms with Gasteiger partial charge in [-0.05, 0) is 28.3 Å². The largest absolute Gasteiger partial charge is 0.352 e. The summed E-state index contributed by atoms with van der Waals surface area (Å²) in [5, 5.41) is 23.0. The highest BCUT2D eigenvalue weighted by atomic mass is 16.6. The Kier molecular flexibility index (Phi) is 5.78. The number of nitrogens with zero attached hydrogens (tertiary/aromatic N) is 2. The molecule has 0 aliphatic rings. The molecule has 0 bridgehead atoms. The fourth-order valence-electron chi connectivity index (χ4n) is 2.81. The van der Waals surface area contributed by atoms with E-state index in [-0.39, 0.29) is 23.6 Å². The predicted molar refractivity (Wildman–Crippen MR) is 105 cm³/mol. The average molecular weight is 371 g/mol. The lowest BCUT2D eigenvalue weighted by Gasteiger charge is -2.07. The van der Waals surface area contributed by atoms with Crippen molar-refractivity contribution in [1.29, 1.82) is 5.26 Å². The summed E-state index contributed by atoms with van der Waals surface area (Å²) in [5.41, 5.74) is 3.30. The van der Waals surface area contributed by atoms with Gasteiger partial charge in [-0.25, -0.2) is 0 Å². The number of nitro benzene ring substituents is 1. The summed E-state index contributed by atoms with van der Waals surface area (Å²) in [4.78, 5) is 22.6. The lowest BCUT2D eigenvalue weighted by atomic mass is 10.0. The molecule has 138 valence electrons. The van der Waals surface area contributed by atoms with Gasteiger partial charge >= 0.3 is 0 Å². The fraction of sp³-hybridized carbons (Fsp3) is 0.0909. The molecule has 0 aliphatic heterocycles. The number of non-ortho nitro benzene ring substituents is 1. The lowest BCUT2D eigenvalue weighted by molar-refractivity contribution is -0.384. The molecule has 3 aromatic rings. The number of carbonyl (C=O) groups excluding carboxylic acids is 1. The van der Waals surface area contributed by atoms with Crippen LogP contribution >= 0.6 is 0 Å². The summed E-state index contributed by atoms with van der Waals surface area (Å²) >= 11 is 0. The maximum atomic E-state index is 12.1. The second-order valence-electron chi connectivity index (χ2n) is 6.27. The van der Waals surface area contributed by atoms with E-state index in [9.17, 15) is 14.9 Å². The molecule has 0 heterocycles. The van der Waals surface area contributed by atoms with Gasteiger partial charge in [0, 0.05) is 18.7 Å². The van der Waals surface area contributed by atoms with Crippen LogP contribution in [0.5, 0.6) is 0 Å². The Morgan fingerprint density at radius 3 is 2.32 bits per heavy atom. The van der Waals surface area contributed by atoms with Crippen LogP contribution in [0.4, 0.5) is 5.69 Å². The molecule has 3 rings (SSSR count). The topological polar surface area (TPSA) is 96.0 Å². The maximum Gasteiger partial charge on any atom is 0.271 e. The molecule has 6 nitrogen and oxygen atoms in total. The minimum Gasteiger partial charge on any atom is -0.352 e. The van der Waals surface area contributed by atoms with E-state index in [2.05, 4.69) is 5.32 Å². The molecule has 0 saturated carbocycles. The summed E-state index contributed by atoms with van der Waals surface area (Å²) in [5.74, 6) is -0.0845. The molecule has 1 N–H and O–H groups in total. The molecule has 1 amide bonds. The normalized spacial score (nSPS) is 10.1. The van der Waals surface area contributed by atoms with E-state index in [1.54, 1.807) is 18.2 Å². The van der Waals surface area contributed by atoms with Gasteiger partial charge in [0.1, 0.15) is 0 Å². The Morgan fingerprint density at radius 2 is 1.68 bits per heavy atom. The van der Waals surface area contributed by atoms with E-state index in [4.69, 9.17) is 5.26 Å². The minimum atomic E-state index is -0.518. The van der Waals surface area contributed by atoms with Crippen LogP contribution in [0.3, 0.4) is 0 Å². The van der Waals surface area contributed by atoms with Crippen LogP contribution in [0.25, 0.3) is 11.1 Å². The van der Waals surface area contributed by atoms with E-state index in [1.807, 2.05) is 48.5 Å². The van der Waals surface area contributed by atoms with Crippen molar-refractivity contribution in [2.75, 3.05) is 0 Å². The minimum absolute atomic E-state index is 0.0845. The van der Waals surface area contributed by atoms with Gasteiger partial charge in [0.05, 0.1) is 23.0 Å². The van der Waals surface area contributed by atoms with E-state index in [1.165, 1.54) is 12.1 Å². The number of hydrogen-bond donors (Lipinski definition) is 1. The second kappa shape index (κ2) is 8.60. The molecular weight excluding hydrogens is 354 g/mol. The Balaban J connectivity index is 1.68. The van der Waals surface area contributed by atoms with Gasteiger partial charge in [-0.3, -0.25) is 14.9 Å². The monoisotopic (exact) mass is 371 g/mol. The highest BCUT2D eigenvalue weighted by Gasteiger charge is 2.11. The molecule has 3 aromatic carbocycles. The summed E-state index contributed by atoms with van der Waals surface area (Å²) in [6, 6.07) is 23.1. The highest BCUT2D eigenvalue weighted by molar-refractivity contribution is 5.79. The van der Waals surface area contributed by atoms with Gasteiger partial charge in [-0.15, -0.1) is 0 Å². The molecule has 0 aromatic heterocycles. The van der Waals surface area contributed by atoms with Crippen molar-refractivity contribution in [3.8, 4) is 17.2 Å². The summed E-state index contributed by atoms with van der Waals surface area (Å²) in [7, 11) is 0. The fourth-order valence-corrected chi connectivity index (χ4v) is 2.81. The third-order valence-corrected chi connectivity index (χ3v) is 4.24. The van der Waals surface area contributed by atoms with Gasteiger partial charge < -0.3 is 5.32 Å². The molecule has 0 spiro atoms. The first-order valence-electron chi connectivity index (χ1n) is 8.64. The number of benzene rings is 3. The van der Waals surface area contributed by atoms with Crippen molar-refractivity contribution in [3.63, 3.8) is 0 Å². The number of nitro groups is 1. The number of amides is 1. The van der Waals surface area contributed by atoms with Gasteiger partial charge in [0.2, 0.25) is 5.91 Å². The van der Waals surface area contributed by atoms with Gasteiger partial charge in [-0.2, -0.15) is 5.26 Å². The van der Waals surface area contributed by atoms with Gasteiger partial charge in [0.25, 0.3) is 5.69 Å². The Bertz CT molecular complexity index is 1040. The van der Waals surface area contributed by atoms with Crippen molar-refractivity contribution in [2.24, 2.45) is 0 Å². The number of rotatable bonds is 6. The van der Waals surface area contributed by atoms with E-state index in [0.717, 1.165) is 16.7 Å². The SMILES string of the molecule is N#Cc1cc(-c2ccc(CC(=O)NCc3ccccc3)cc2)cc([N+](=O)[O-])c1. The lowest BCUT2D eigenvalue weighted by Crippen LogP contribution is -2.24. The van der Waals surface area contributed by atoms with Crippen LogP contribution in [0, 0.1) is 21.4 Å². The molecule has 0 unspecified atom stereocenters. The first-order chi connectivity index (χ1) is 13.5. The number of hydrogen-bond acceptors (Lipinski definition) is 4. The Morgan fingerprint density at radius 1 is 0.964 bits per heavy atom. The summed E-state index contributed by atoms with van der Waals surface area (Å²) in [6.07, 6.45) is 0.242. The van der Waals surface area contributed by atoms with Crippen molar-refractivity contribution in [3.05, 3.63) is 99.6 Å². The Hall–Kier alpha value is -3.98. The van der Waals surface area contributed by atoms with Crippen molar-refractivity contribution < 1.29 is 9.72 Å². The molecule has 0 saturated heterocycles. The van der Waals surface area contributed by atoms with E-state index < -0.39 is 4.92 Å². The molecule has 0 atom stereocenters. The Labute approximate surface area is 162 Å². The van der Waals surface area contributed by atoms with Crippen LogP contribution in [0.1, 0.15) is 16.7 Å². The molecule has 0 radical (unpaired) electrons. The number of carbonyl (C=O) groups is 1. The standard InChI is InChI=1S/C22H17N3O3/c23-14-18-10-20(13-21(11-18)25(27)28)19-8-6-16(7-9-19)12-22(26)24-15-17-4-2-1-3-5-17/h1-11,13H,12,15H2,(H,24,26). The van der Waals surface area contributed by atoms with Crippen molar-refractivity contribution >= 4 is 11.6 Å². The van der Waals surface area contributed by atoms with E-state index >= 15 is 0 Å². The first-order valence-corrected chi connectivity index (χ1v) is 8.64. The third kappa shape index (κ3) is 4.80. The second-order valence-corrected chi connectivity index (χ2v) is 6.27. The van der Waals surface area contributed by atoms with Crippen molar-refractivity contribution in [1.82, 2.24) is 5.32 Å². The maximum absolute atomic E-state index is 12.1. The van der Waals surface area contributed by atoms with Crippen LogP contribution in [0.15, 0.2) is 72.8 Å². The van der Waals surface area contributed by atoms with Gasteiger partial charge in [-0.1, -0.05) is 54.6 Å². The zero-order valence-electron chi connectivity index (χ0n) is 15.0. The van der Waals surface area contributed by atoms with Crippen molar-refractivity contribution in [2.45, 2.75) is 13.0 Å². The zero-order valence-corrected chi connectivity index (χ0v) is 15.0.